The Labute approximate surface area is 99.1 Å². The lowest BCUT2D eigenvalue weighted by atomic mass is 10.0. The minimum Gasteiger partial charge on any atom is -0.479 e. The van der Waals surface area contributed by atoms with E-state index in [1.165, 1.54) is 0 Å². The van der Waals surface area contributed by atoms with E-state index in [2.05, 4.69) is 4.52 Å². The van der Waals surface area contributed by atoms with E-state index in [1.807, 2.05) is 0 Å². The molecule has 0 heterocycles. The van der Waals surface area contributed by atoms with Crippen molar-refractivity contribution < 1.29 is 54.0 Å². The molecule has 0 aromatic heterocycles. The molecule has 0 rings (SSSR count). The quantitative estimate of drug-likeness (QED) is 0.231. The summed E-state index contributed by atoms with van der Waals surface area (Å²) < 4.78 is 14.1. The molecular formula is C6H11O11P. The molecule has 0 saturated heterocycles. The number of aliphatic hydroxyl groups excluding tert-OH is 3. The molecule has 0 aromatic rings. The van der Waals surface area contributed by atoms with Gasteiger partial charge < -0.3 is 35.3 Å². The van der Waals surface area contributed by atoms with Gasteiger partial charge >= 0.3 is 19.8 Å². The first-order chi connectivity index (χ1) is 7.97. The smallest absolute Gasteiger partial charge is 0.470 e. The Balaban J connectivity index is 4.98. The summed E-state index contributed by atoms with van der Waals surface area (Å²) in [6.45, 7) is 0. The number of carbonyl (C=O) groups is 2. The van der Waals surface area contributed by atoms with Crippen LogP contribution < -0.4 is 0 Å². The largest absolute Gasteiger partial charge is 0.479 e. The number of carboxylic acid groups (broad SMARTS) is 2. The summed E-state index contributed by atoms with van der Waals surface area (Å²) >= 11 is 0. The number of rotatable bonds is 7. The van der Waals surface area contributed by atoms with Crippen LogP contribution in [-0.4, -0.2) is 71.7 Å². The SMILES string of the molecule is O=C(O)[C@@H](O)[C@@H](O)[C@H](O)[C@@H](OP(=O)(O)O)C(=O)O. The van der Waals surface area contributed by atoms with Crippen molar-refractivity contribution in [1.29, 1.82) is 0 Å². The lowest BCUT2D eigenvalue weighted by Crippen LogP contribution is -2.50. The zero-order valence-corrected chi connectivity index (χ0v) is 9.41. The third-order valence-electron chi connectivity index (χ3n) is 1.73. The lowest BCUT2D eigenvalue weighted by Gasteiger charge is -2.25. The van der Waals surface area contributed by atoms with Crippen LogP contribution in [0.2, 0.25) is 0 Å². The van der Waals surface area contributed by atoms with Crippen molar-refractivity contribution in [3.8, 4) is 0 Å². The van der Waals surface area contributed by atoms with E-state index in [1.54, 1.807) is 0 Å². The molecule has 0 amide bonds. The summed E-state index contributed by atoms with van der Waals surface area (Å²) in [7, 11) is -5.30. The highest BCUT2D eigenvalue weighted by Gasteiger charge is 2.42. The van der Waals surface area contributed by atoms with Crippen molar-refractivity contribution in [3.63, 3.8) is 0 Å². The van der Waals surface area contributed by atoms with Crippen LogP contribution in [0, 0.1) is 0 Å². The second kappa shape index (κ2) is 6.20. The fourth-order valence-corrected chi connectivity index (χ4v) is 1.42. The van der Waals surface area contributed by atoms with Crippen molar-refractivity contribution in [1.82, 2.24) is 0 Å². The van der Waals surface area contributed by atoms with Crippen molar-refractivity contribution in [3.05, 3.63) is 0 Å². The zero-order chi connectivity index (χ0) is 14.7. The number of hydrogen-bond donors (Lipinski definition) is 7. The Kier molecular flexibility index (Phi) is 5.83. The second-order valence-corrected chi connectivity index (χ2v) is 4.31. The van der Waals surface area contributed by atoms with Crippen LogP contribution in [0.3, 0.4) is 0 Å². The molecule has 11 nitrogen and oxygen atoms in total. The van der Waals surface area contributed by atoms with E-state index < -0.39 is 44.2 Å². The Morgan fingerprint density at radius 3 is 1.67 bits per heavy atom. The minimum atomic E-state index is -5.30. The molecule has 0 radical (unpaired) electrons. The molecule has 106 valence electrons. The summed E-state index contributed by atoms with van der Waals surface area (Å²) in [6, 6.07) is 0. The van der Waals surface area contributed by atoms with Gasteiger partial charge in [0.05, 0.1) is 0 Å². The van der Waals surface area contributed by atoms with E-state index in [0.717, 1.165) is 0 Å². The molecule has 0 spiro atoms. The second-order valence-electron chi connectivity index (χ2n) is 3.12. The molecule has 12 heteroatoms. The monoisotopic (exact) mass is 290 g/mol. The fourth-order valence-electron chi connectivity index (χ4n) is 0.913. The topological polar surface area (TPSA) is 202 Å². The predicted molar refractivity (Wildman–Crippen MR) is 50.2 cm³/mol. The maximum atomic E-state index is 10.5. The molecule has 18 heavy (non-hydrogen) atoms. The molecule has 7 N–H and O–H groups in total. The van der Waals surface area contributed by atoms with Crippen LogP contribution in [0.15, 0.2) is 0 Å². The maximum absolute atomic E-state index is 10.5. The standard InChI is InChI=1S/C6H11O11P/c7-1(3(9)5(10)11)2(8)4(6(12)13)17-18(14,15)16/h1-4,7-9H,(H,10,11)(H,12,13)(H2,14,15,16)/t1-,2-,3-,4+/m0/s1. The van der Waals surface area contributed by atoms with Gasteiger partial charge in [-0.15, -0.1) is 0 Å². The highest BCUT2D eigenvalue weighted by molar-refractivity contribution is 7.46. The maximum Gasteiger partial charge on any atom is 0.470 e. The predicted octanol–water partition coefficient (Wildman–Crippen LogP) is -3.28. The number of phosphoric acid groups is 1. The van der Waals surface area contributed by atoms with Gasteiger partial charge in [0.1, 0.15) is 12.2 Å². The number of hydrogen-bond acceptors (Lipinski definition) is 7. The molecule has 0 aliphatic carbocycles. The summed E-state index contributed by atoms with van der Waals surface area (Å²) in [5.74, 6) is -4.04. The molecule has 0 aliphatic rings. The molecule has 0 saturated carbocycles. The molecule has 0 aliphatic heterocycles. The highest BCUT2D eigenvalue weighted by atomic mass is 31.2. The van der Waals surface area contributed by atoms with Crippen molar-refractivity contribution >= 4 is 19.8 Å². The molecule has 0 fully saturated rings. The van der Waals surface area contributed by atoms with Gasteiger partial charge in [0.25, 0.3) is 0 Å². The molecule has 0 unspecified atom stereocenters. The van der Waals surface area contributed by atoms with Crippen LogP contribution >= 0.6 is 7.82 Å². The fraction of sp³-hybridized carbons (Fsp3) is 0.667. The van der Waals surface area contributed by atoms with Gasteiger partial charge in [-0.05, 0) is 0 Å². The van der Waals surface area contributed by atoms with Crippen LogP contribution in [0.4, 0.5) is 0 Å². The number of carboxylic acids is 2. The lowest BCUT2D eigenvalue weighted by molar-refractivity contribution is -0.171. The summed E-state index contributed by atoms with van der Waals surface area (Å²) in [4.78, 5) is 37.5. The average molecular weight is 290 g/mol. The zero-order valence-electron chi connectivity index (χ0n) is 8.52. The molecule has 0 bridgehead atoms. The van der Waals surface area contributed by atoms with Gasteiger partial charge in [0.2, 0.25) is 0 Å². The molecule has 0 aromatic carbocycles. The van der Waals surface area contributed by atoms with Crippen molar-refractivity contribution in [2.24, 2.45) is 0 Å². The third-order valence-corrected chi connectivity index (χ3v) is 2.23. The average Bonchev–Trinajstić information content (AvgIpc) is 2.21. The van der Waals surface area contributed by atoms with E-state index in [0.29, 0.717) is 0 Å². The Morgan fingerprint density at radius 1 is 0.944 bits per heavy atom. The van der Waals surface area contributed by atoms with Crippen LogP contribution in [0.1, 0.15) is 0 Å². The minimum absolute atomic E-state index is 1.97. The van der Waals surface area contributed by atoms with Crippen molar-refractivity contribution in [2.45, 2.75) is 24.4 Å². The highest BCUT2D eigenvalue weighted by Crippen LogP contribution is 2.38. The van der Waals surface area contributed by atoms with Gasteiger partial charge in [-0.25, -0.2) is 14.2 Å². The molecular weight excluding hydrogens is 279 g/mol. The number of aliphatic carboxylic acids is 2. The first-order valence-electron chi connectivity index (χ1n) is 4.21. The van der Waals surface area contributed by atoms with Crippen LogP contribution in [-0.2, 0) is 18.7 Å². The van der Waals surface area contributed by atoms with E-state index >= 15 is 0 Å². The van der Waals surface area contributed by atoms with Crippen LogP contribution in [0.5, 0.6) is 0 Å². The Morgan fingerprint density at radius 2 is 1.39 bits per heavy atom. The normalized spacial score (nSPS) is 18.7. The van der Waals surface area contributed by atoms with Gasteiger partial charge in [-0.1, -0.05) is 0 Å². The van der Waals surface area contributed by atoms with Crippen molar-refractivity contribution in [2.75, 3.05) is 0 Å². The van der Waals surface area contributed by atoms with Gasteiger partial charge in [-0.2, -0.15) is 0 Å². The summed E-state index contributed by atoms with van der Waals surface area (Å²) in [5.41, 5.74) is 0. The van der Waals surface area contributed by atoms with Gasteiger partial charge in [0.15, 0.2) is 12.2 Å². The number of phosphoric ester groups is 1. The van der Waals surface area contributed by atoms with Crippen LogP contribution in [0.25, 0.3) is 0 Å². The van der Waals surface area contributed by atoms with E-state index in [9.17, 15) is 19.3 Å². The van der Waals surface area contributed by atoms with E-state index in [-0.39, 0.29) is 0 Å². The summed E-state index contributed by atoms with van der Waals surface area (Å²) in [6.07, 6.45) is -10.3. The summed E-state index contributed by atoms with van der Waals surface area (Å²) in [5, 5.41) is 43.9. The Bertz CT molecular complexity index is 361. The first kappa shape index (κ1) is 16.9. The number of aliphatic hydroxyl groups is 3. The van der Waals surface area contributed by atoms with E-state index in [4.69, 9.17) is 30.2 Å². The Hall–Kier alpha value is -1.07. The molecule has 4 atom stereocenters. The van der Waals surface area contributed by atoms with Gasteiger partial charge in [0, 0.05) is 0 Å². The third kappa shape index (κ3) is 5.06. The first-order valence-corrected chi connectivity index (χ1v) is 5.74. The van der Waals surface area contributed by atoms with Gasteiger partial charge in [-0.3, -0.25) is 4.52 Å².